The maximum atomic E-state index is 6.93. The van der Waals surface area contributed by atoms with Gasteiger partial charge in [-0.1, -0.05) is 121 Å². The topological polar surface area (TPSA) is 64.3 Å². The summed E-state index contributed by atoms with van der Waals surface area (Å²) >= 11 is 0. The SMILES string of the molecule is c1ccc(-c2nc(-c3ccccc3)nc(-c3cc4c5c(c3)-c3ccccc3-c3ccccc3N5c3c(ccc5c3oc3ccccc35)O4)n2)cc1. The Morgan fingerprint density at radius 2 is 1.00 bits per heavy atom. The third-order valence-electron chi connectivity index (χ3n) is 9.84. The Labute approximate surface area is 292 Å². The minimum atomic E-state index is 0.565. The zero-order chi connectivity index (χ0) is 33.5. The van der Waals surface area contributed by atoms with Crippen LogP contribution in [0.15, 0.2) is 162 Å². The summed E-state index contributed by atoms with van der Waals surface area (Å²) in [6.07, 6.45) is 0. The first-order valence-corrected chi connectivity index (χ1v) is 16.9. The van der Waals surface area contributed by atoms with Crippen molar-refractivity contribution in [3.63, 3.8) is 0 Å². The molecule has 11 rings (SSSR count). The summed E-state index contributed by atoms with van der Waals surface area (Å²) in [5.74, 6) is 3.20. The number of hydrogen-bond acceptors (Lipinski definition) is 6. The first-order valence-electron chi connectivity index (χ1n) is 16.9. The van der Waals surface area contributed by atoms with Gasteiger partial charge in [0.05, 0.1) is 11.4 Å². The van der Waals surface area contributed by atoms with Gasteiger partial charge in [0.2, 0.25) is 0 Å². The van der Waals surface area contributed by atoms with Gasteiger partial charge in [-0.05, 0) is 47.5 Å². The molecule has 0 radical (unpaired) electrons. The van der Waals surface area contributed by atoms with Gasteiger partial charge >= 0.3 is 0 Å². The molecular weight excluding hydrogens is 629 g/mol. The van der Waals surface area contributed by atoms with Gasteiger partial charge in [0.15, 0.2) is 34.6 Å². The highest BCUT2D eigenvalue weighted by atomic mass is 16.5. The number of aromatic nitrogens is 3. The maximum Gasteiger partial charge on any atom is 0.164 e. The third kappa shape index (κ3) is 4.20. The largest absolute Gasteiger partial charge is 0.454 e. The van der Waals surface area contributed by atoms with E-state index in [4.69, 9.17) is 24.1 Å². The van der Waals surface area contributed by atoms with Gasteiger partial charge in [-0.2, -0.15) is 0 Å². The monoisotopic (exact) mass is 654 g/mol. The van der Waals surface area contributed by atoms with Crippen molar-refractivity contribution in [1.29, 1.82) is 0 Å². The van der Waals surface area contributed by atoms with Crippen LogP contribution in [0.1, 0.15) is 0 Å². The Bertz CT molecular complexity index is 2790. The number of hydrogen-bond donors (Lipinski definition) is 0. The van der Waals surface area contributed by atoms with Gasteiger partial charge in [-0.3, -0.25) is 4.90 Å². The van der Waals surface area contributed by atoms with Crippen molar-refractivity contribution in [1.82, 2.24) is 15.0 Å². The Morgan fingerprint density at radius 1 is 0.412 bits per heavy atom. The molecule has 0 N–H and O–H groups in total. The second kappa shape index (κ2) is 10.7. The molecular formula is C45H26N4O2. The van der Waals surface area contributed by atoms with Crippen molar-refractivity contribution in [3.8, 4) is 67.9 Å². The van der Waals surface area contributed by atoms with E-state index in [2.05, 4.69) is 83.8 Å². The Kier molecular flexibility index (Phi) is 5.86. The molecule has 0 atom stereocenters. The zero-order valence-corrected chi connectivity index (χ0v) is 27.1. The number of benzene rings is 7. The number of furan rings is 1. The van der Waals surface area contributed by atoms with Gasteiger partial charge < -0.3 is 9.15 Å². The fourth-order valence-corrected chi connectivity index (χ4v) is 7.56. The second-order valence-electron chi connectivity index (χ2n) is 12.8. The lowest BCUT2D eigenvalue weighted by molar-refractivity contribution is 0.477. The summed E-state index contributed by atoms with van der Waals surface area (Å²) in [4.78, 5) is 17.4. The lowest BCUT2D eigenvalue weighted by Crippen LogP contribution is -2.17. The van der Waals surface area contributed by atoms with Crippen LogP contribution in [0.25, 0.3) is 78.4 Å². The van der Waals surface area contributed by atoms with Crippen LogP contribution >= 0.6 is 0 Å². The number of anilines is 3. The van der Waals surface area contributed by atoms with Crippen LogP contribution < -0.4 is 9.64 Å². The molecule has 0 amide bonds. The highest BCUT2D eigenvalue weighted by Crippen LogP contribution is 2.61. The Morgan fingerprint density at radius 3 is 1.73 bits per heavy atom. The number of fused-ring (bicyclic) bond motifs is 11. The first-order chi connectivity index (χ1) is 25.3. The van der Waals surface area contributed by atoms with Crippen LogP contribution in [-0.4, -0.2) is 15.0 Å². The smallest absolute Gasteiger partial charge is 0.164 e. The van der Waals surface area contributed by atoms with Gasteiger partial charge in [0.1, 0.15) is 11.3 Å². The molecule has 238 valence electrons. The Balaban J connectivity index is 1.22. The highest BCUT2D eigenvalue weighted by Gasteiger charge is 2.37. The molecule has 6 heteroatoms. The van der Waals surface area contributed by atoms with E-state index >= 15 is 0 Å². The molecule has 2 aliphatic heterocycles. The molecule has 0 unspecified atom stereocenters. The van der Waals surface area contributed by atoms with E-state index in [1.807, 2.05) is 78.9 Å². The summed E-state index contributed by atoms with van der Waals surface area (Å²) in [7, 11) is 0. The number of para-hydroxylation sites is 2. The van der Waals surface area contributed by atoms with Crippen molar-refractivity contribution < 1.29 is 9.15 Å². The van der Waals surface area contributed by atoms with Crippen molar-refractivity contribution >= 4 is 39.0 Å². The quantitative estimate of drug-likeness (QED) is 0.189. The van der Waals surface area contributed by atoms with E-state index in [-0.39, 0.29) is 0 Å². The minimum absolute atomic E-state index is 0.565. The Hall–Kier alpha value is -7.05. The van der Waals surface area contributed by atoms with Gasteiger partial charge in [0.25, 0.3) is 0 Å². The van der Waals surface area contributed by atoms with Crippen molar-refractivity contribution in [2.45, 2.75) is 0 Å². The second-order valence-corrected chi connectivity index (χ2v) is 12.8. The van der Waals surface area contributed by atoms with Crippen LogP contribution in [0.4, 0.5) is 17.1 Å². The van der Waals surface area contributed by atoms with Crippen LogP contribution in [0.2, 0.25) is 0 Å². The van der Waals surface area contributed by atoms with E-state index in [1.165, 1.54) is 0 Å². The molecule has 0 aliphatic carbocycles. The molecule has 0 saturated carbocycles. The van der Waals surface area contributed by atoms with E-state index in [9.17, 15) is 0 Å². The van der Waals surface area contributed by atoms with Crippen LogP contribution in [0.3, 0.4) is 0 Å². The van der Waals surface area contributed by atoms with Crippen LogP contribution in [0.5, 0.6) is 11.5 Å². The number of nitrogens with zero attached hydrogens (tertiary/aromatic N) is 4. The number of rotatable bonds is 3. The van der Waals surface area contributed by atoms with Gasteiger partial charge in [-0.25, -0.2) is 15.0 Å². The van der Waals surface area contributed by atoms with E-state index in [1.54, 1.807) is 0 Å². The molecule has 51 heavy (non-hydrogen) atoms. The normalized spacial score (nSPS) is 12.4. The van der Waals surface area contributed by atoms with Crippen molar-refractivity contribution in [2.24, 2.45) is 0 Å². The lowest BCUT2D eigenvalue weighted by atomic mass is 9.93. The molecule has 0 spiro atoms. The average molecular weight is 655 g/mol. The standard InChI is InChI=1S/C45H26N4O2/c1-3-13-27(14-4-1)43-46-44(28-15-5-2-6-16-28)48-45(47-43)29-25-35-31-18-8-7-17-30(31)32-19-9-11-21-36(32)49-40(35)39(26-29)50-38-24-23-34-33-20-10-12-22-37(33)51-42(34)41(38)49/h1-26H. The average Bonchev–Trinajstić information content (AvgIpc) is 3.53. The molecule has 0 saturated heterocycles. The summed E-state index contributed by atoms with van der Waals surface area (Å²) < 4.78 is 13.6. The van der Waals surface area contributed by atoms with Crippen molar-refractivity contribution in [2.75, 3.05) is 4.90 Å². The summed E-state index contributed by atoms with van der Waals surface area (Å²) in [5, 5.41) is 2.11. The third-order valence-corrected chi connectivity index (χ3v) is 9.84. The maximum absolute atomic E-state index is 6.93. The van der Waals surface area contributed by atoms with Crippen LogP contribution in [0, 0.1) is 0 Å². The lowest BCUT2D eigenvalue weighted by Gasteiger charge is -2.34. The predicted octanol–water partition coefficient (Wildman–Crippen LogP) is 12.0. The van der Waals surface area contributed by atoms with Gasteiger partial charge in [0, 0.05) is 38.6 Å². The first kappa shape index (κ1) is 27.9. The van der Waals surface area contributed by atoms with E-state index < -0.39 is 0 Å². The summed E-state index contributed by atoms with van der Waals surface area (Å²) in [5.41, 5.74) is 11.5. The number of ether oxygens (including phenoxy) is 1. The van der Waals surface area contributed by atoms with Crippen LogP contribution in [-0.2, 0) is 0 Å². The highest BCUT2D eigenvalue weighted by molar-refractivity contribution is 6.15. The zero-order valence-electron chi connectivity index (χ0n) is 27.1. The van der Waals surface area contributed by atoms with Gasteiger partial charge in [-0.15, -0.1) is 0 Å². The van der Waals surface area contributed by atoms with E-state index in [0.29, 0.717) is 29.0 Å². The van der Waals surface area contributed by atoms with Crippen molar-refractivity contribution in [3.05, 3.63) is 158 Å². The predicted molar refractivity (Wildman–Crippen MR) is 203 cm³/mol. The molecule has 0 bridgehead atoms. The molecule has 2 aliphatic rings. The summed E-state index contributed by atoms with van der Waals surface area (Å²) in [6, 6.07) is 53.8. The molecule has 7 aromatic carbocycles. The molecule has 0 fully saturated rings. The van der Waals surface area contributed by atoms with E-state index in [0.717, 1.165) is 77.9 Å². The molecule has 9 aromatic rings. The molecule has 4 heterocycles. The molecule has 2 aromatic heterocycles. The molecule has 6 nitrogen and oxygen atoms in total. The summed E-state index contributed by atoms with van der Waals surface area (Å²) in [6.45, 7) is 0. The fourth-order valence-electron chi connectivity index (χ4n) is 7.56. The fraction of sp³-hybridized carbons (Fsp3) is 0. The minimum Gasteiger partial charge on any atom is -0.454 e.